The van der Waals surface area contributed by atoms with Crippen LogP contribution in [0, 0.1) is 11.8 Å². The average molecular weight is 387 g/mol. The largest absolute Gasteiger partial charge is 0.508 e. The number of pyridine rings is 1. The number of nitrogens with zero attached hydrogens (tertiary/aromatic N) is 2. The lowest BCUT2D eigenvalue weighted by Gasteiger charge is -2.00. The predicted molar refractivity (Wildman–Crippen MR) is 108 cm³/mol. The quantitative estimate of drug-likeness (QED) is 0.479. The van der Waals surface area contributed by atoms with Crippen molar-refractivity contribution in [1.82, 2.24) is 4.98 Å². The average Bonchev–Trinajstić information content (AvgIpc) is 2.73. The van der Waals surface area contributed by atoms with Crippen molar-refractivity contribution in [3.05, 3.63) is 100 Å². The van der Waals surface area contributed by atoms with Crippen LogP contribution in [0.25, 0.3) is 0 Å². The maximum absolute atomic E-state index is 12.2. The van der Waals surface area contributed by atoms with E-state index in [2.05, 4.69) is 26.9 Å². The standard InChI is InChI=1S/C22H15N2O3S/c25-21-10-8-18(9-11-21)6-7-19-14-20(16-23-15-19)22(26)24-28(27)13-12-17-4-2-1-3-5-17/h1-4,8-11,13-16,25H,5H2/q-1. The third-order valence-electron chi connectivity index (χ3n) is 3.60. The van der Waals surface area contributed by atoms with Gasteiger partial charge in [0.25, 0.3) is 5.91 Å². The molecule has 1 aromatic carbocycles. The van der Waals surface area contributed by atoms with Crippen molar-refractivity contribution in [3.63, 3.8) is 0 Å². The number of amides is 1. The summed E-state index contributed by atoms with van der Waals surface area (Å²) >= 11 is 0. The minimum Gasteiger partial charge on any atom is -0.508 e. The molecular formula is C22H15N2O3S-. The van der Waals surface area contributed by atoms with Crippen LogP contribution in [0.2, 0.25) is 0 Å². The lowest BCUT2D eigenvalue weighted by atomic mass is 10.1. The summed E-state index contributed by atoms with van der Waals surface area (Å²) in [5, 5.41) is 10.5. The second-order valence-electron chi connectivity index (χ2n) is 5.71. The fourth-order valence-corrected chi connectivity index (χ4v) is 2.80. The van der Waals surface area contributed by atoms with E-state index < -0.39 is 16.5 Å². The van der Waals surface area contributed by atoms with E-state index in [-0.39, 0.29) is 11.3 Å². The van der Waals surface area contributed by atoms with E-state index in [0.717, 1.165) is 5.57 Å². The lowest BCUT2D eigenvalue weighted by molar-refractivity contribution is 0.100. The van der Waals surface area contributed by atoms with Gasteiger partial charge in [0.2, 0.25) is 0 Å². The summed E-state index contributed by atoms with van der Waals surface area (Å²) in [7, 11) is -1.82. The molecule has 0 spiro atoms. The summed E-state index contributed by atoms with van der Waals surface area (Å²) < 4.78 is 15.6. The molecule has 1 heterocycles. The van der Waals surface area contributed by atoms with Crippen molar-refractivity contribution in [1.29, 1.82) is 0 Å². The Hall–Kier alpha value is -3.65. The van der Waals surface area contributed by atoms with E-state index in [1.807, 2.05) is 24.3 Å². The van der Waals surface area contributed by atoms with E-state index in [1.165, 1.54) is 17.8 Å². The fourth-order valence-electron chi connectivity index (χ4n) is 2.22. The van der Waals surface area contributed by atoms with Crippen LogP contribution in [-0.2, 0) is 14.8 Å². The van der Waals surface area contributed by atoms with Gasteiger partial charge in [-0.2, -0.15) is 10.6 Å². The number of carbonyl (C=O) groups is 1. The second-order valence-corrected chi connectivity index (χ2v) is 6.68. The van der Waals surface area contributed by atoms with Gasteiger partial charge in [-0.05, 0) is 42.3 Å². The number of benzene rings is 1. The maximum Gasteiger partial charge on any atom is 0.255 e. The zero-order valence-corrected chi connectivity index (χ0v) is 15.5. The summed E-state index contributed by atoms with van der Waals surface area (Å²) in [6.07, 6.45) is 11.2. The molecule has 138 valence electrons. The molecule has 0 unspecified atom stereocenters. The first-order valence-electron chi connectivity index (χ1n) is 8.32. The van der Waals surface area contributed by atoms with Crippen LogP contribution >= 0.6 is 0 Å². The third kappa shape index (κ3) is 5.68. The molecule has 2 aromatic rings. The normalized spacial score (nSPS) is 13.4. The van der Waals surface area contributed by atoms with Gasteiger partial charge in [-0.25, -0.2) is 0 Å². The van der Waals surface area contributed by atoms with Crippen molar-refractivity contribution in [2.45, 2.75) is 6.42 Å². The zero-order valence-electron chi connectivity index (χ0n) is 14.7. The monoisotopic (exact) mass is 387 g/mol. The molecule has 0 radical (unpaired) electrons. The molecule has 0 fully saturated rings. The Bertz CT molecular complexity index is 1170. The molecule has 1 aromatic heterocycles. The second kappa shape index (κ2) is 9.33. The first-order valence-corrected chi connectivity index (χ1v) is 9.49. The fraction of sp³-hybridized carbons (Fsp3) is 0.0455. The van der Waals surface area contributed by atoms with Crippen molar-refractivity contribution < 1.29 is 14.1 Å². The van der Waals surface area contributed by atoms with Crippen LogP contribution in [-0.4, -0.2) is 16.0 Å². The molecule has 1 amide bonds. The number of allylic oxidation sites excluding steroid dienone is 5. The van der Waals surface area contributed by atoms with E-state index in [1.54, 1.807) is 30.3 Å². The minimum absolute atomic E-state index is 0.162. The SMILES string of the molecule is O=C(N=[S-](=O)C=C=C1C=CC=CC1)c1cncc(C#Cc2ccc(O)cc2)c1. The van der Waals surface area contributed by atoms with Gasteiger partial charge >= 0.3 is 0 Å². The molecule has 1 aliphatic carbocycles. The highest BCUT2D eigenvalue weighted by atomic mass is 32.2. The Labute approximate surface area is 164 Å². The summed E-state index contributed by atoms with van der Waals surface area (Å²) in [5.41, 5.74) is 5.19. The molecule has 1 aliphatic rings. The van der Waals surface area contributed by atoms with Gasteiger partial charge in [-0.1, -0.05) is 41.6 Å². The van der Waals surface area contributed by atoms with Gasteiger partial charge in [-0.3, -0.25) is 9.78 Å². The number of carbonyl (C=O) groups excluding carboxylic acids is 1. The molecule has 0 bridgehead atoms. The molecule has 1 N–H and O–H groups in total. The molecule has 0 atom stereocenters. The Morgan fingerprint density at radius 3 is 2.68 bits per heavy atom. The van der Waals surface area contributed by atoms with Crippen LogP contribution in [0.4, 0.5) is 0 Å². The van der Waals surface area contributed by atoms with Gasteiger partial charge in [0.05, 0.1) is 5.56 Å². The number of aromatic hydroxyl groups is 1. The van der Waals surface area contributed by atoms with Crippen LogP contribution in [0.15, 0.2) is 88.1 Å². The van der Waals surface area contributed by atoms with Crippen molar-refractivity contribution in [2.24, 2.45) is 4.36 Å². The smallest absolute Gasteiger partial charge is 0.255 e. The molecule has 6 heteroatoms. The highest BCUT2D eigenvalue weighted by Gasteiger charge is 2.02. The van der Waals surface area contributed by atoms with Crippen LogP contribution in [0.5, 0.6) is 5.75 Å². The van der Waals surface area contributed by atoms with Gasteiger partial charge in [-0.15, -0.1) is 5.73 Å². The number of phenols is 1. The first kappa shape index (κ1) is 19.1. The van der Waals surface area contributed by atoms with E-state index in [0.29, 0.717) is 17.5 Å². The van der Waals surface area contributed by atoms with Crippen molar-refractivity contribution in [2.75, 3.05) is 0 Å². The van der Waals surface area contributed by atoms with Crippen molar-refractivity contribution >= 4 is 16.5 Å². The van der Waals surface area contributed by atoms with Crippen molar-refractivity contribution in [3.8, 4) is 17.6 Å². The molecule has 0 saturated carbocycles. The Morgan fingerprint density at radius 1 is 1.14 bits per heavy atom. The highest BCUT2D eigenvalue weighted by molar-refractivity contribution is 7.78. The lowest BCUT2D eigenvalue weighted by Crippen LogP contribution is -1.96. The Morgan fingerprint density at radius 2 is 1.93 bits per heavy atom. The molecular weight excluding hydrogens is 372 g/mol. The molecule has 0 aliphatic heterocycles. The Kier molecular flexibility index (Phi) is 6.37. The molecule has 3 rings (SSSR count). The summed E-state index contributed by atoms with van der Waals surface area (Å²) in [6.45, 7) is 0. The number of hydrogen-bond acceptors (Lipinski definition) is 5. The maximum atomic E-state index is 12.2. The summed E-state index contributed by atoms with van der Waals surface area (Å²) in [6, 6.07) is 7.99. The first-order chi connectivity index (χ1) is 13.6. The zero-order chi connectivity index (χ0) is 19.8. The molecule has 28 heavy (non-hydrogen) atoms. The molecule has 5 nitrogen and oxygen atoms in total. The van der Waals surface area contributed by atoms with Crippen LogP contribution in [0.1, 0.15) is 27.9 Å². The Balaban J connectivity index is 1.76. The number of phenolic OH excluding ortho intramolecular Hbond substituents is 1. The van der Waals surface area contributed by atoms with E-state index in [9.17, 15) is 14.1 Å². The minimum atomic E-state index is -1.82. The van der Waals surface area contributed by atoms with Gasteiger partial charge < -0.3 is 13.7 Å². The van der Waals surface area contributed by atoms with Gasteiger partial charge in [0.15, 0.2) is 0 Å². The van der Waals surface area contributed by atoms with Gasteiger partial charge in [0, 0.05) is 23.5 Å². The predicted octanol–water partition coefficient (Wildman–Crippen LogP) is 4.03. The molecule has 0 saturated heterocycles. The highest BCUT2D eigenvalue weighted by Crippen LogP contribution is 2.10. The van der Waals surface area contributed by atoms with Gasteiger partial charge in [0.1, 0.15) is 5.75 Å². The van der Waals surface area contributed by atoms with E-state index >= 15 is 0 Å². The summed E-state index contributed by atoms with van der Waals surface area (Å²) in [5.74, 6) is 5.34. The van der Waals surface area contributed by atoms with E-state index in [4.69, 9.17) is 0 Å². The third-order valence-corrected chi connectivity index (χ3v) is 4.27. The van der Waals surface area contributed by atoms with Crippen LogP contribution in [0.3, 0.4) is 0 Å². The van der Waals surface area contributed by atoms with Crippen LogP contribution < -0.4 is 0 Å². The number of rotatable bonds is 2. The topological polar surface area (TPSA) is 79.6 Å². The number of aromatic nitrogens is 1. The summed E-state index contributed by atoms with van der Waals surface area (Å²) in [4.78, 5) is 16.2. The number of hydrogen-bond donors (Lipinski definition) is 1.